The van der Waals surface area contributed by atoms with E-state index >= 15 is 0 Å². The Morgan fingerprint density at radius 3 is 2.64 bits per heavy atom. The van der Waals surface area contributed by atoms with Crippen LogP contribution in [0.15, 0.2) is 36.4 Å². The molecule has 6 nitrogen and oxygen atoms in total. The standard InChI is InChI=1S/C20H27N3O3.2ClH/c21-20(24)15-26-19-7-6-16-4-1-2-5-17(16)18(19)14-22-8-3-9-23-10-12-25-13-11-23;;/h1-2,4-7,22H,3,8-15H2,(H2,21,24);2*1H. The van der Waals surface area contributed by atoms with Crippen LogP contribution in [0.1, 0.15) is 12.0 Å². The smallest absolute Gasteiger partial charge is 0.255 e. The fraction of sp³-hybridized carbons (Fsp3) is 0.450. The largest absolute Gasteiger partial charge is 0.483 e. The zero-order valence-electron chi connectivity index (χ0n) is 15.9. The molecular formula is C20H29Cl2N3O3. The van der Waals surface area contributed by atoms with Crippen LogP contribution in [0.3, 0.4) is 0 Å². The van der Waals surface area contributed by atoms with E-state index in [4.69, 9.17) is 15.2 Å². The number of hydrogen-bond donors (Lipinski definition) is 2. The maximum absolute atomic E-state index is 11.1. The van der Waals surface area contributed by atoms with Crippen LogP contribution in [-0.4, -0.2) is 56.8 Å². The molecule has 0 radical (unpaired) electrons. The minimum Gasteiger partial charge on any atom is -0.483 e. The molecule has 1 fully saturated rings. The summed E-state index contributed by atoms with van der Waals surface area (Å²) < 4.78 is 11.0. The number of amides is 1. The van der Waals surface area contributed by atoms with E-state index in [0.29, 0.717) is 12.3 Å². The number of morpholine rings is 1. The summed E-state index contributed by atoms with van der Waals surface area (Å²) in [5.74, 6) is 0.241. The van der Waals surface area contributed by atoms with Gasteiger partial charge in [0.15, 0.2) is 6.61 Å². The van der Waals surface area contributed by atoms with Gasteiger partial charge in [0.25, 0.3) is 5.91 Å². The molecule has 1 amide bonds. The van der Waals surface area contributed by atoms with Crippen LogP contribution in [0.2, 0.25) is 0 Å². The Morgan fingerprint density at radius 2 is 1.89 bits per heavy atom. The molecule has 3 rings (SSSR count). The molecule has 2 aromatic rings. The third-order valence-electron chi connectivity index (χ3n) is 4.60. The van der Waals surface area contributed by atoms with E-state index in [0.717, 1.165) is 62.1 Å². The van der Waals surface area contributed by atoms with Gasteiger partial charge in [-0.25, -0.2) is 0 Å². The number of carbonyl (C=O) groups excluding carboxylic acids is 1. The summed E-state index contributed by atoms with van der Waals surface area (Å²) in [6, 6.07) is 12.1. The summed E-state index contributed by atoms with van der Waals surface area (Å²) in [4.78, 5) is 13.5. The van der Waals surface area contributed by atoms with Gasteiger partial charge in [0, 0.05) is 25.2 Å². The van der Waals surface area contributed by atoms with Crippen molar-refractivity contribution in [2.24, 2.45) is 5.73 Å². The Kier molecular flexibility index (Phi) is 11.2. The Labute approximate surface area is 178 Å². The van der Waals surface area contributed by atoms with Gasteiger partial charge in [-0.3, -0.25) is 9.69 Å². The molecule has 0 atom stereocenters. The first-order valence-electron chi connectivity index (χ1n) is 9.16. The number of nitrogens with one attached hydrogen (secondary N) is 1. The first-order chi connectivity index (χ1) is 12.7. The lowest BCUT2D eigenvalue weighted by Crippen LogP contribution is -2.37. The van der Waals surface area contributed by atoms with Crippen LogP contribution in [0, 0.1) is 0 Å². The Bertz CT molecular complexity index is 740. The van der Waals surface area contributed by atoms with Crippen LogP contribution < -0.4 is 15.8 Å². The quantitative estimate of drug-likeness (QED) is 0.598. The highest BCUT2D eigenvalue weighted by Gasteiger charge is 2.11. The zero-order chi connectivity index (χ0) is 18.2. The van der Waals surface area contributed by atoms with Crippen molar-refractivity contribution in [3.63, 3.8) is 0 Å². The van der Waals surface area contributed by atoms with Crippen LogP contribution in [-0.2, 0) is 16.1 Å². The molecule has 0 spiro atoms. The highest BCUT2D eigenvalue weighted by atomic mass is 35.5. The molecular weight excluding hydrogens is 401 g/mol. The molecule has 3 N–H and O–H groups in total. The average molecular weight is 430 g/mol. The van der Waals surface area contributed by atoms with Gasteiger partial charge < -0.3 is 20.5 Å². The minimum absolute atomic E-state index is 0. The van der Waals surface area contributed by atoms with E-state index in [9.17, 15) is 4.79 Å². The number of nitrogens with two attached hydrogens (primary N) is 1. The number of benzene rings is 2. The number of ether oxygens (including phenoxy) is 2. The van der Waals surface area contributed by atoms with Crippen molar-refractivity contribution in [1.82, 2.24) is 10.2 Å². The molecule has 0 aliphatic carbocycles. The number of carbonyl (C=O) groups is 1. The van der Waals surface area contributed by atoms with Gasteiger partial charge in [0.1, 0.15) is 5.75 Å². The summed E-state index contributed by atoms with van der Waals surface area (Å²) >= 11 is 0. The van der Waals surface area contributed by atoms with E-state index in [2.05, 4.69) is 22.3 Å². The lowest BCUT2D eigenvalue weighted by molar-refractivity contribution is -0.119. The van der Waals surface area contributed by atoms with Crippen LogP contribution >= 0.6 is 24.8 Å². The summed E-state index contributed by atoms with van der Waals surface area (Å²) in [6.07, 6.45) is 1.09. The summed E-state index contributed by atoms with van der Waals surface area (Å²) in [7, 11) is 0. The van der Waals surface area contributed by atoms with E-state index in [1.165, 1.54) is 0 Å². The van der Waals surface area contributed by atoms with Crippen molar-refractivity contribution in [2.75, 3.05) is 46.0 Å². The predicted molar refractivity (Wildman–Crippen MR) is 117 cm³/mol. The van der Waals surface area contributed by atoms with Gasteiger partial charge in [-0.15, -0.1) is 24.8 Å². The third-order valence-corrected chi connectivity index (χ3v) is 4.60. The second-order valence-corrected chi connectivity index (χ2v) is 6.50. The Balaban J connectivity index is 0.00000196. The number of fused-ring (bicyclic) bond motifs is 1. The Morgan fingerprint density at radius 1 is 1.14 bits per heavy atom. The minimum atomic E-state index is -0.470. The molecule has 1 aliphatic rings. The molecule has 8 heteroatoms. The van der Waals surface area contributed by atoms with E-state index < -0.39 is 5.91 Å². The van der Waals surface area contributed by atoms with E-state index in [1.54, 1.807) is 0 Å². The average Bonchev–Trinajstić information content (AvgIpc) is 2.67. The summed E-state index contributed by atoms with van der Waals surface area (Å²) in [5, 5.41) is 5.80. The maximum Gasteiger partial charge on any atom is 0.255 e. The van der Waals surface area contributed by atoms with Crippen LogP contribution in [0.25, 0.3) is 10.8 Å². The van der Waals surface area contributed by atoms with Crippen LogP contribution in [0.4, 0.5) is 0 Å². The van der Waals surface area contributed by atoms with Crippen molar-refractivity contribution >= 4 is 41.5 Å². The fourth-order valence-corrected chi connectivity index (χ4v) is 3.25. The highest BCUT2D eigenvalue weighted by molar-refractivity contribution is 5.88. The number of halogens is 2. The normalized spacial score (nSPS) is 14.1. The second-order valence-electron chi connectivity index (χ2n) is 6.50. The van der Waals surface area contributed by atoms with Crippen molar-refractivity contribution in [3.8, 4) is 5.75 Å². The molecule has 1 aliphatic heterocycles. The molecule has 156 valence electrons. The first-order valence-corrected chi connectivity index (χ1v) is 9.16. The Hall–Kier alpha value is -1.57. The van der Waals surface area contributed by atoms with Gasteiger partial charge in [0.2, 0.25) is 0 Å². The predicted octanol–water partition coefficient (Wildman–Crippen LogP) is 2.36. The van der Waals surface area contributed by atoms with Gasteiger partial charge in [0.05, 0.1) is 13.2 Å². The molecule has 28 heavy (non-hydrogen) atoms. The molecule has 1 heterocycles. The van der Waals surface area contributed by atoms with Crippen LogP contribution in [0.5, 0.6) is 5.75 Å². The van der Waals surface area contributed by atoms with Crippen molar-refractivity contribution < 1.29 is 14.3 Å². The lowest BCUT2D eigenvalue weighted by Gasteiger charge is -2.26. The van der Waals surface area contributed by atoms with E-state index in [1.807, 2.05) is 24.3 Å². The molecule has 0 bridgehead atoms. The van der Waals surface area contributed by atoms with Crippen molar-refractivity contribution in [3.05, 3.63) is 42.0 Å². The molecule has 0 unspecified atom stereocenters. The lowest BCUT2D eigenvalue weighted by atomic mass is 10.0. The second kappa shape index (κ2) is 12.8. The molecule has 2 aromatic carbocycles. The number of nitrogens with zero attached hydrogens (tertiary/aromatic N) is 1. The molecule has 0 aromatic heterocycles. The number of hydrogen-bond acceptors (Lipinski definition) is 5. The first kappa shape index (κ1) is 24.5. The maximum atomic E-state index is 11.1. The number of primary amides is 1. The van der Waals surface area contributed by atoms with Gasteiger partial charge in [-0.05, 0) is 36.3 Å². The third kappa shape index (κ3) is 7.11. The summed E-state index contributed by atoms with van der Waals surface area (Å²) in [5.41, 5.74) is 6.29. The molecule has 1 saturated heterocycles. The van der Waals surface area contributed by atoms with Crippen molar-refractivity contribution in [2.45, 2.75) is 13.0 Å². The van der Waals surface area contributed by atoms with Crippen molar-refractivity contribution in [1.29, 1.82) is 0 Å². The number of rotatable bonds is 9. The highest BCUT2D eigenvalue weighted by Crippen LogP contribution is 2.28. The summed E-state index contributed by atoms with van der Waals surface area (Å²) in [6.45, 7) is 6.31. The zero-order valence-corrected chi connectivity index (χ0v) is 17.5. The monoisotopic (exact) mass is 429 g/mol. The van der Waals surface area contributed by atoms with Gasteiger partial charge in [-0.2, -0.15) is 0 Å². The van der Waals surface area contributed by atoms with Gasteiger partial charge in [-0.1, -0.05) is 30.3 Å². The van der Waals surface area contributed by atoms with Gasteiger partial charge >= 0.3 is 0 Å². The topological polar surface area (TPSA) is 76.8 Å². The van der Waals surface area contributed by atoms with E-state index in [-0.39, 0.29) is 31.4 Å². The molecule has 0 saturated carbocycles. The fourth-order valence-electron chi connectivity index (χ4n) is 3.25. The SMILES string of the molecule is Cl.Cl.NC(=O)COc1ccc2ccccc2c1CNCCCN1CCOCC1.